The predicted octanol–water partition coefficient (Wildman–Crippen LogP) is 2.20. The van der Waals surface area contributed by atoms with Crippen molar-refractivity contribution >= 4 is 12.4 Å². The molecule has 0 aliphatic carbocycles. The van der Waals surface area contributed by atoms with Gasteiger partial charge < -0.3 is 5.73 Å². The lowest BCUT2D eigenvalue weighted by atomic mass is 10.1. The third-order valence-corrected chi connectivity index (χ3v) is 3.23. The van der Waals surface area contributed by atoms with Gasteiger partial charge in [-0.2, -0.15) is 0 Å². The maximum atomic E-state index is 5.68. The number of hydrogen-bond donors (Lipinski definition) is 1. The number of likely N-dealkylation sites (tertiary alicyclic amines) is 1. The Morgan fingerprint density at radius 3 is 2.56 bits per heavy atom. The highest BCUT2D eigenvalue weighted by molar-refractivity contribution is 5.85. The summed E-state index contributed by atoms with van der Waals surface area (Å²) in [5, 5.41) is 0. The van der Waals surface area contributed by atoms with Gasteiger partial charge in [-0.25, -0.2) is 0 Å². The number of nitrogens with zero attached hydrogens (tertiary/aromatic N) is 1. The Labute approximate surface area is 104 Å². The molecule has 90 valence electrons. The third-order valence-electron chi connectivity index (χ3n) is 3.23. The van der Waals surface area contributed by atoms with E-state index < -0.39 is 0 Å². The Balaban J connectivity index is 0.00000128. The van der Waals surface area contributed by atoms with E-state index in [0.717, 1.165) is 19.0 Å². The molecule has 1 aromatic rings. The molecule has 0 aromatic heterocycles. The van der Waals surface area contributed by atoms with Crippen LogP contribution < -0.4 is 5.73 Å². The molecule has 2 N–H and O–H groups in total. The summed E-state index contributed by atoms with van der Waals surface area (Å²) in [5.74, 6) is 0.718. The average Bonchev–Trinajstić information content (AvgIpc) is 2.69. The Morgan fingerprint density at radius 2 is 2.00 bits per heavy atom. The van der Waals surface area contributed by atoms with Gasteiger partial charge in [0.25, 0.3) is 0 Å². The summed E-state index contributed by atoms with van der Waals surface area (Å²) in [7, 11) is 0. The molecular weight excluding hydrogens is 220 g/mol. The molecule has 0 spiro atoms. The number of benzene rings is 1. The average molecular weight is 241 g/mol. The van der Waals surface area contributed by atoms with Crippen molar-refractivity contribution in [1.29, 1.82) is 0 Å². The van der Waals surface area contributed by atoms with Crippen molar-refractivity contribution in [2.24, 2.45) is 11.7 Å². The number of halogens is 1. The zero-order valence-electron chi connectivity index (χ0n) is 9.86. The molecule has 1 heterocycles. The van der Waals surface area contributed by atoms with Gasteiger partial charge in [-0.15, -0.1) is 12.4 Å². The summed E-state index contributed by atoms with van der Waals surface area (Å²) in [6.45, 7) is 6.42. The zero-order chi connectivity index (χ0) is 10.7. The highest BCUT2D eigenvalue weighted by Crippen LogP contribution is 2.17. The van der Waals surface area contributed by atoms with Crippen molar-refractivity contribution in [3.8, 4) is 0 Å². The normalized spacial score (nSPS) is 20.8. The van der Waals surface area contributed by atoms with Gasteiger partial charge in [-0.05, 0) is 37.9 Å². The summed E-state index contributed by atoms with van der Waals surface area (Å²) in [5.41, 5.74) is 8.43. The van der Waals surface area contributed by atoms with Gasteiger partial charge in [0, 0.05) is 13.1 Å². The smallest absolute Gasteiger partial charge is 0.0233 e. The van der Waals surface area contributed by atoms with Gasteiger partial charge in [0.1, 0.15) is 0 Å². The van der Waals surface area contributed by atoms with Gasteiger partial charge in [-0.1, -0.05) is 29.8 Å². The SMILES string of the molecule is Cc1ccc(CN2CCC(CN)C2)cc1.Cl. The summed E-state index contributed by atoms with van der Waals surface area (Å²) < 4.78 is 0. The Morgan fingerprint density at radius 1 is 1.31 bits per heavy atom. The minimum absolute atomic E-state index is 0. The van der Waals surface area contributed by atoms with Crippen LogP contribution in [0, 0.1) is 12.8 Å². The minimum Gasteiger partial charge on any atom is -0.330 e. The second-order valence-corrected chi connectivity index (χ2v) is 4.61. The first-order valence-electron chi connectivity index (χ1n) is 5.76. The lowest BCUT2D eigenvalue weighted by Crippen LogP contribution is -2.22. The molecule has 3 heteroatoms. The number of nitrogens with two attached hydrogens (primary N) is 1. The molecule has 2 rings (SSSR count). The van der Waals surface area contributed by atoms with E-state index >= 15 is 0 Å². The van der Waals surface area contributed by atoms with Crippen LogP contribution in [0.4, 0.5) is 0 Å². The van der Waals surface area contributed by atoms with Crippen LogP contribution in [0.1, 0.15) is 17.5 Å². The lowest BCUT2D eigenvalue weighted by molar-refractivity contribution is 0.318. The number of aryl methyl sites for hydroxylation is 1. The Kier molecular flexibility index (Phi) is 5.26. The molecule has 0 amide bonds. The first kappa shape index (κ1) is 13.5. The van der Waals surface area contributed by atoms with Crippen LogP contribution in [0.15, 0.2) is 24.3 Å². The fraction of sp³-hybridized carbons (Fsp3) is 0.538. The highest BCUT2D eigenvalue weighted by Gasteiger charge is 2.20. The summed E-state index contributed by atoms with van der Waals surface area (Å²) in [6, 6.07) is 8.83. The molecule has 16 heavy (non-hydrogen) atoms. The van der Waals surface area contributed by atoms with E-state index in [2.05, 4.69) is 36.1 Å². The monoisotopic (exact) mass is 240 g/mol. The lowest BCUT2D eigenvalue weighted by Gasteiger charge is -2.15. The molecule has 1 aliphatic heterocycles. The Hall–Kier alpha value is -0.570. The highest BCUT2D eigenvalue weighted by atomic mass is 35.5. The third kappa shape index (κ3) is 3.48. The first-order chi connectivity index (χ1) is 7.28. The molecule has 0 radical (unpaired) electrons. The van der Waals surface area contributed by atoms with Crippen molar-refractivity contribution in [2.45, 2.75) is 19.9 Å². The van der Waals surface area contributed by atoms with Gasteiger partial charge in [-0.3, -0.25) is 4.90 Å². The van der Waals surface area contributed by atoms with E-state index in [4.69, 9.17) is 5.73 Å². The van der Waals surface area contributed by atoms with Crippen molar-refractivity contribution in [2.75, 3.05) is 19.6 Å². The molecule has 1 aromatic carbocycles. The predicted molar refractivity (Wildman–Crippen MR) is 70.9 cm³/mol. The van der Waals surface area contributed by atoms with E-state index in [-0.39, 0.29) is 12.4 Å². The molecule has 1 atom stereocenters. The standard InChI is InChI=1S/C13H20N2.ClH/c1-11-2-4-12(5-3-11)9-15-7-6-13(8-14)10-15;/h2-5,13H,6-10,14H2,1H3;1H. The van der Waals surface area contributed by atoms with Gasteiger partial charge >= 0.3 is 0 Å². The molecule has 1 fully saturated rings. The van der Waals surface area contributed by atoms with Crippen LogP contribution in [-0.4, -0.2) is 24.5 Å². The molecule has 1 aliphatic rings. The molecular formula is C13H21ClN2. The fourth-order valence-corrected chi connectivity index (χ4v) is 2.20. The van der Waals surface area contributed by atoms with E-state index in [1.165, 1.54) is 30.6 Å². The van der Waals surface area contributed by atoms with Crippen molar-refractivity contribution in [3.05, 3.63) is 35.4 Å². The first-order valence-corrected chi connectivity index (χ1v) is 5.76. The zero-order valence-corrected chi connectivity index (χ0v) is 10.7. The fourth-order valence-electron chi connectivity index (χ4n) is 2.20. The summed E-state index contributed by atoms with van der Waals surface area (Å²) in [6.07, 6.45) is 1.27. The second kappa shape index (κ2) is 6.24. The van der Waals surface area contributed by atoms with E-state index in [9.17, 15) is 0 Å². The molecule has 0 saturated carbocycles. The van der Waals surface area contributed by atoms with E-state index in [1.807, 2.05) is 0 Å². The van der Waals surface area contributed by atoms with Crippen LogP contribution in [0.25, 0.3) is 0 Å². The van der Waals surface area contributed by atoms with Crippen LogP contribution in [-0.2, 0) is 6.54 Å². The molecule has 2 nitrogen and oxygen atoms in total. The van der Waals surface area contributed by atoms with Crippen LogP contribution >= 0.6 is 12.4 Å². The van der Waals surface area contributed by atoms with Crippen molar-refractivity contribution in [1.82, 2.24) is 4.90 Å². The quantitative estimate of drug-likeness (QED) is 0.878. The van der Waals surface area contributed by atoms with Crippen molar-refractivity contribution < 1.29 is 0 Å². The summed E-state index contributed by atoms with van der Waals surface area (Å²) >= 11 is 0. The second-order valence-electron chi connectivity index (χ2n) is 4.61. The Bertz CT molecular complexity index is 310. The van der Waals surface area contributed by atoms with E-state index in [1.54, 1.807) is 0 Å². The maximum Gasteiger partial charge on any atom is 0.0233 e. The largest absolute Gasteiger partial charge is 0.330 e. The van der Waals surface area contributed by atoms with Crippen LogP contribution in [0.5, 0.6) is 0 Å². The molecule has 1 saturated heterocycles. The molecule has 1 unspecified atom stereocenters. The minimum atomic E-state index is 0. The number of hydrogen-bond acceptors (Lipinski definition) is 2. The maximum absolute atomic E-state index is 5.68. The van der Waals surface area contributed by atoms with E-state index in [0.29, 0.717) is 0 Å². The van der Waals surface area contributed by atoms with Crippen molar-refractivity contribution in [3.63, 3.8) is 0 Å². The van der Waals surface area contributed by atoms with Crippen LogP contribution in [0.2, 0.25) is 0 Å². The summed E-state index contributed by atoms with van der Waals surface area (Å²) in [4.78, 5) is 2.50. The van der Waals surface area contributed by atoms with Gasteiger partial charge in [0.2, 0.25) is 0 Å². The number of rotatable bonds is 3. The van der Waals surface area contributed by atoms with Crippen LogP contribution in [0.3, 0.4) is 0 Å². The van der Waals surface area contributed by atoms with Gasteiger partial charge in [0.05, 0.1) is 0 Å². The topological polar surface area (TPSA) is 29.3 Å². The molecule has 0 bridgehead atoms. The van der Waals surface area contributed by atoms with Gasteiger partial charge in [0.15, 0.2) is 0 Å².